The van der Waals surface area contributed by atoms with Gasteiger partial charge in [0, 0.05) is 23.4 Å². The van der Waals surface area contributed by atoms with Crippen LogP contribution in [0.5, 0.6) is 0 Å². The van der Waals surface area contributed by atoms with Gasteiger partial charge in [-0.3, -0.25) is 9.69 Å². The van der Waals surface area contributed by atoms with Gasteiger partial charge in [0.2, 0.25) is 0 Å². The second-order valence-electron chi connectivity index (χ2n) is 4.01. The van der Waals surface area contributed by atoms with Gasteiger partial charge in [-0.15, -0.1) is 0 Å². The summed E-state index contributed by atoms with van der Waals surface area (Å²) >= 11 is 9.63. The molecule has 1 fully saturated rings. The van der Waals surface area contributed by atoms with E-state index in [9.17, 15) is 14.7 Å². The third-order valence-corrected chi connectivity index (χ3v) is 4.43. The summed E-state index contributed by atoms with van der Waals surface area (Å²) in [6.07, 6.45) is 1.51. The van der Waals surface area contributed by atoms with Gasteiger partial charge in [0.15, 0.2) is 0 Å². The Kier molecular flexibility index (Phi) is 4.95. The Hall–Kier alpha value is -1.18. The number of halogens is 1. The number of nitrogens with zero attached hydrogens (tertiary/aromatic N) is 1. The molecule has 0 radical (unpaired) electrons. The number of hydrogen-bond acceptors (Lipinski definition) is 5. The van der Waals surface area contributed by atoms with Crippen molar-refractivity contribution in [1.29, 1.82) is 0 Å². The highest BCUT2D eigenvalue weighted by atomic mass is 79.9. The maximum Gasteiger partial charge on any atom is 0.266 e. The largest absolute Gasteiger partial charge is 0.550 e. The molecule has 1 saturated heterocycles. The molecular weight excluding hydrogens is 362 g/mol. The van der Waals surface area contributed by atoms with Crippen LogP contribution in [0.4, 0.5) is 0 Å². The first kappa shape index (κ1) is 15.2. The molecule has 0 unspecified atom stereocenters. The predicted molar refractivity (Wildman–Crippen MR) is 83.6 cm³/mol. The van der Waals surface area contributed by atoms with Gasteiger partial charge in [-0.05, 0) is 23.8 Å². The van der Waals surface area contributed by atoms with E-state index in [1.165, 1.54) is 16.7 Å². The average molecular weight is 371 g/mol. The van der Waals surface area contributed by atoms with Crippen molar-refractivity contribution in [2.45, 2.75) is 6.42 Å². The number of rotatable bonds is 4. The Morgan fingerprint density at radius 2 is 2.25 bits per heavy atom. The van der Waals surface area contributed by atoms with E-state index in [1.54, 1.807) is 6.08 Å². The Labute approximate surface area is 134 Å². The van der Waals surface area contributed by atoms with Gasteiger partial charge in [-0.1, -0.05) is 52.0 Å². The van der Waals surface area contributed by atoms with Crippen LogP contribution in [0.15, 0.2) is 33.6 Å². The average Bonchev–Trinajstić information content (AvgIpc) is 2.62. The summed E-state index contributed by atoms with van der Waals surface area (Å²) in [7, 11) is 0. The van der Waals surface area contributed by atoms with Crippen LogP contribution in [0.3, 0.4) is 0 Å². The molecule has 104 valence electrons. The SMILES string of the molecule is O=C([O-])CCN1C(=O)/C(=C\c2cccc(Br)c2)SC1=S. The molecule has 0 aliphatic carbocycles. The highest BCUT2D eigenvalue weighted by molar-refractivity contribution is 9.10. The van der Waals surface area contributed by atoms with Gasteiger partial charge < -0.3 is 9.90 Å². The van der Waals surface area contributed by atoms with E-state index in [4.69, 9.17) is 12.2 Å². The van der Waals surface area contributed by atoms with Gasteiger partial charge in [0.25, 0.3) is 5.91 Å². The first-order chi connectivity index (χ1) is 9.47. The van der Waals surface area contributed by atoms with Crippen LogP contribution in [0.1, 0.15) is 12.0 Å². The lowest BCUT2D eigenvalue weighted by Gasteiger charge is -2.14. The Balaban J connectivity index is 2.17. The Morgan fingerprint density at radius 1 is 1.50 bits per heavy atom. The summed E-state index contributed by atoms with van der Waals surface area (Å²) in [5.41, 5.74) is 0.875. The molecule has 2 rings (SSSR count). The Bertz CT molecular complexity index is 615. The molecule has 1 aromatic rings. The first-order valence-electron chi connectivity index (χ1n) is 5.68. The van der Waals surface area contributed by atoms with E-state index >= 15 is 0 Å². The summed E-state index contributed by atoms with van der Waals surface area (Å²) in [5.74, 6) is -1.46. The minimum Gasteiger partial charge on any atom is -0.550 e. The molecule has 0 aromatic heterocycles. The van der Waals surface area contributed by atoms with Gasteiger partial charge in [-0.2, -0.15) is 0 Å². The van der Waals surface area contributed by atoms with Gasteiger partial charge in [0.05, 0.1) is 4.91 Å². The van der Waals surface area contributed by atoms with Gasteiger partial charge in [0.1, 0.15) is 4.32 Å². The number of aliphatic carboxylic acids is 1. The highest BCUT2D eigenvalue weighted by Gasteiger charge is 2.31. The summed E-state index contributed by atoms with van der Waals surface area (Å²) in [6.45, 7) is 0.0445. The van der Waals surface area contributed by atoms with Crippen molar-refractivity contribution in [3.63, 3.8) is 0 Å². The molecule has 0 bridgehead atoms. The summed E-state index contributed by atoms with van der Waals surface area (Å²) in [4.78, 5) is 24.4. The third-order valence-electron chi connectivity index (χ3n) is 2.56. The molecule has 1 heterocycles. The zero-order valence-corrected chi connectivity index (χ0v) is 13.4. The van der Waals surface area contributed by atoms with Crippen molar-refractivity contribution in [1.82, 2.24) is 4.90 Å². The number of carbonyl (C=O) groups is 2. The van der Waals surface area contributed by atoms with Crippen LogP contribution in [0.25, 0.3) is 6.08 Å². The first-order valence-corrected chi connectivity index (χ1v) is 7.70. The molecule has 20 heavy (non-hydrogen) atoms. The summed E-state index contributed by atoms with van der Waals surface area (Å²) < 4.78 is 1.29. The number of benzene rings is 1. The minimum absolute atomic E-state index is 0.0445. The van der Waals surface area contributed by atoms with E-state index in [0.717, 1.165) is 10.0 Å². The monoisotopic (exact) mass is 370 g/mol. The van der Waals surface area contributed by atoms with Gasteiger partial charge >= 0.3 is 0 Å². The van der Waals surface area contributed by atoms with Crippen LogP contribution >= 0.6 is 39.9 Å². The smallest absolute Gasteiger partial charge is 0.266 e. The van der Waals surface area contributed by atoms with Crippen molar-refractivity contribution >= 4 is 62.2 Å². The normalized spacial score (nSPS) is 17.1. The Morgan fingerprint density at radius 3 is 2.90 bits per heavy atom. The summed E-state index contributed by atoms with van der Waals surface area (Å²) in [5, 5.41) is 10.5. The quantitative estimate of drug-likeness (QED) is 0.597. The number of thioether (sulfide) groups is 1. The lowest BCUT2D eigenvalue weighted by molar-refractivity contribution is -0.305. The van der Waals surface area contributed by atoms with Crippen molar-refractivity contribution in [2.75, 3.05) is 6.54 Å². The maximum atomic E-state index is 12.1. The van der Waals surface area contributed by atoms with Crippen LogP contribution < -0.4 is 5.11 Å². The zero-order chi connectivity index (χ0) is 14.7. The van der Waals surface area contributed by atoms with E-state index in [2.05, 4.69) is 15.9 Å². The van der Waals surface area contributed by atoms with Crippen LogP contribution in [-0.4, -0.2) is 27.6 Å². The fourth-order valence-corrected chi connectivity index (χ4v) is 3.37. The summed E-state index contributed by atoms with van der Waals surface area (Å²) in [6, 6.07) is 7.52. The molecule has 1 aromatic carbocycles. The molecule has 0 N–H and O–H groups in total. The molecule has 0 saturated carbocycles. The van der Waals surface area contributed by atoms with Crippen LogP contribution in [-0.2, 0) is 9.59 Å². The van der Waals surface area contributed by atoms with Crippen molar-refractivity contribution in [3.8, 4) is 0 Å². The van der Waals surface area contributed by atoms with Crippen LogP contribution in [0, 0.1) is 0 Å². The van der Waals surface area contributed by atoms with E-state index < -0.39 is 5.97 Å². The molecule has 4 nitrogen and oxygen atoms in total. The number of carbonyl (C=O) groups excluding carboxylic acids is 2. The zero-order valence-electron chi connectivity index (χ0n) is 10.2. The molecule has 1 aliphatic rings. The van der Waals surface area contributed by atoms with E-state index in [-0.39, 0.29) is 18.9 Å². The van der Waals surface area contributed by atoms with Crippen molar-refractivity contribution in [3.05, 3.63) is 39.2 Å². The van der Waals surface area contributed by atoms with Crippen molar-refractivity contribution < 1.29 is 14.7 Å². The fraction of sp³-hybridized carbons (Fsp3) is 0.154. The number of carboxylic acid groups (broad SMARTS) is 1. The van der Waals surface area contributed by atoms with E-state index in [1.807, 2.05) is 24.3 Å². The predicted octanol–water partition coefficient (Wildman–Crippen LogP) is 1.79. The number of hydrogen-bond donors (Lipinski definition) is 0. The van der Waals surface area contributed by atoms with Gasteiger partial charge in [-0.25, -0.2) is 0 Å². The van der Waals surface area contributed by atoms with Crippen molar-refractivity contribution in [2.24, 2.45) is 0 Å². The highest BCUT2D eigenvalue weighted by Crippen LogP contribution is 2.32. The fourth-order valence-electron chi connectivity index (χ4n) is 1.64. The second-order valence-corrected chi connectivity index (χ2v) is 6.60. The lowest BCUT2D eigenvalue weighted by Crippen LogP contribution is -2.33. The number of amides is 1. The standard InChI is InChI=1S/C13H10BrNO3S2/c14-9-3-1-2-8(6-9)7-10-12(18)15(13(19)20-10)5-4-11(16)17/h1-3,6-7H,4-5H2,(H,16,17)/p-1/b10-7+. The topological polar surface area (TPSA) is 60.4 Å². The maximum absolute atomic E-state index is 12.1. The number of carboxylic acids is 1. The molecule has 1 aliphatic heterocycles. The molecule has 1 amide bonds. The molecule has 0 atom stereocenters. The molecular formula is C13H9BrNO3S2-. The second kappa shape index (κ2) is 6.51. The molecule has 7 heteroatoms. The van der Waals surface area contributed by atoms with Crippen LogP contribution in [0.2, 0.25) is 0 Å². The lowest BCUT2D eigenvalue weighted by atomic mass is 10.2. The van der Waals surface area contributed by atoms with E-state index in [0.29, 0.717) is 9.23 Å². The third kappa shape index (κ3) is 3.68. The minimum atomic E-state index is -1.20. The molecule has 0 spiro atoms. The number of thiocarbonyl (C=S) groups is 1.